The Morgan fingerprint density at radius 3 is 1.04 bits per heavy atom. The molecule has 0 amide bonds. The average molecular weight is 329 g/mol. The smallest absolute Gasteiger partial charge is 0.00926 e. The van der Waals surface area contributed by atoms with Crippen molar-refractivity contribution in [2.75, 3.05) is 6.54 Å². The minimum atomic E-state index is 0.243. The molecule has 0 aliphatic carbocycles. The summed E-state index contributed by atoms with van der Waals surface area (Å²) >= 11 is 0. The van der Waals surface area contributed by atoms with Crippen LogP contribution in [-0.2, 0) is 0 Å². The van der Waals surface area contributed by atoms with Crippen LogP contribution in [-0.4, -0.2) is 12.6 Å². The second-order valence-electron chi connectivity index (χ2n) is 11.8. The number of rotatable bonds is 3. The van der Waals surface area contributed by atoms with Gasteiger partial charge in [-0.1, -0.05) is 83.1 Å². The molecule has 0 heterocycles. The Labute approximate surface area is 148 Å². The number of hydrogen-bond donors (Lipinski definition) is 2. The van der Waals surface area contributed by atoms with Crippen LogP contribution in [0.25, 0.3) is 0 Å². The highest BCUT2D eigenvalue weighted by Crippen LogP contribution is 2.35. The summed E-state index contributed by atoms with van der Waals surface area (Å²) in [5.41, 5.74) is 13.1. The van der Waals surface area contributed by atoms with E-state index >= 15 is 0 Å². The van der Waals surface area contributed by atoms with E-state index in [1.165, 1.54) is 6.42 Å². The Hall–Kier alpha value is -0.0800. The molecule has 0 saturated heterocycles. The lowest BCUT2D eigenvalue weighted by molar-refractivity contribution is 0.172. The predicted molar refractivity (Wildman–Crippen MR) is 108 cm³/mol. The van der Waals surface area contributed by atoms with E-state index in [-0.39, 0.29) is 5.41 Å². The van der Waals surface area contributed by atoms with Gasteiger partial charge in [-0.3, -0.25) is 0 Å². The van der Waals surface area contributed by atoms with E-state index in [0.29, 0.717) is 28.2 Å². The van der Waals surface area contributed by atoms with Crippen LogP contribution < -0.4 is 11.5 Å². The molecular formula is C21H48N2. The molecular weight excluding hydrogens is 280 g/mol. The molecule has 23 heavy (non-hydrogen) atoms. The molecule has 0 saturated carbocycles. The van der Waals surface area contributed by atoms with Crippen molar-refractivity contribution in [3.8, 4) is 0 Å². The summed E-state index contributed by atoms with van der Waals surface area (Å²) in [6, 6.07) is 0.308. The highest BCUT2D eigenvalue weighted by Gasteiger charge is 2.27. The first-order chi connectivity index (χ1) is 9.79. The molecule has 0 rings (SSSR count). The van der Waals surface area contributed by atoms with Crippen molar-refractivity contribution in [2.45, 2.75) is 102 Å². The van der Waals surface area contributed by atoms with Gasteiger partial charge in [0.05, 0.1) is 0 Å². The maximum Gasteiger partial charge on any atom is 0.00926 e. The van der Waals surface area contributed by atoms with Crippen LogP contribution in [0.3, 0.4) is 0 Å². The molecule has 2 heteroatoms. The average Bonchev–Trinajstić information content (AvgIpc) is 2.20. The predicted octanol–water partition coefficient (Wildman–Crippen LogP) is 5.84. The van der Waals surface area contributed by atoms with Crippen LogP contribution >= 0.6 is 0 Å². The van der Waals surface area contributed by atoms with Crippen LogP contribution in [0.2, 0.25) is 0 Å². The van der Waals surface area contributed by atoms with Crippen LogP contribution in [0.1, 0.15) is 95.9 Å². The van der Waals surface area contributed by atoms with Crippen LogP contribution in [0.5, 0.6) is 0 Å². The SMILES string of the molecule is CC(C)(C)CC(CN)C(C)(C)C.CC(C)(C)CC(N)C(C)(C)C. The standard InChI is InChI=1S/C11H25N.C10H23N/c1-10(2,3)7-9(8-12)11(4,5)6;1-9(2,3)7-8(11)10(4,5)6/h9H,7-8,12H2,1-6H3;8H,7,11H2,1-6H3. The zero-order chi connectivity index (χ0) is 19.3. The van der Waals surface area contributed by atoms with E-state index in [9.17, 15) is 0 Å². The monoisotopic (exact) mass is 328 g/mol. The van der Waals surface area contributed by atoms with E-state index in [0.717, 1.165) is 13.0 Å². The van der Waals surface area contributed by atoms with Gasteiger partial charge in [0.2, 0.25) is 0 Å². The van der Waals surface area contributed by atoms with Gasteiger partial charge in [-0.25, -0.2) is 0 Å². The van der Waals surface area contributed by atoms with Crippen molar-refractivity contribution in [3.05, 3.63) is 0 Å². The molecule has 0 spiro atoms. The van der Waals surface area contributed by atoms with Gasteiger partial charge in [-0.2, -0.15) is 0 Å². The molecule has 0 radical (unpaired) electrons. The maximum atomic E-state index is 6.04. The fraction of sp³-hybridized carbons (Fsp3) is 1.00. The van der Waals surface area contributed by atoms with Gasteiger partial charge in [0.25, 0.3) is 0 Å². The maximum absolute atomic E-state index is 6.04. The van der Waals surface area contributed by atoms with Crippen molar-refractivity contribution >= 4 is 0 Å². The molecule has 2 atom stereocenters. The first-order valence-electron chi connectivity index (χ1n) is 9.25. The van der Waals surface area contributed by atoms with Crippen molar-refractivity contribution in [1.29, 1.82) is 0 Å². The molecule has 0 aliphatic heterocycles. The minimum Gasteiger partial charge on any atom is -0.330 e. The van der Waals surface area contributed by atoms with Gasteiger partial charge < -0.3 is 11.5 Å². The van der Waals surface area contributed by atoms with Gasteiger partial charge in [0, 0.05) is 6.04 Å². The van der Waals surface area contributed by atoms with Crippen LogP contribution in [0, 0.1) is 27.6 Å². The Kier molecular flexibility index (Phi) is 9.68. The van der Waals surface area contributed by atoms with Crippen LogP contribution in [0.15, 0.2) is 0 Å². The third-order valence-electron chi connectivity index (χ3n) is 4.31. The van der Waals surface area contributed by atoms with Gasteiger partial charge in [0.1, 0.15) is 0 Å². The zero-order valence-corrected chi connectivity index (χ0v) is 18.4. The van der Waals surface area contributed by atoms with Crippen LogP contribution in [0.4, 0.5) is 0 Å². The summed E-state index contributed by atoms with van der Waals surface area (Å²) < 4.78 is 0. The van der Waals surface area contributed by atoms with Gasteiger partial charge >= 0.3 is 0 Å². The third kappa shape index (κ3) is 15.2. The quantitative estimate of drug-likeness (QED) is 0.683. The van der Waals surface area contributed by atoms with Gasteiger partial charge in [0.15, 0.2) is 0 Å². The normalized spacial score (nSPS) is 16.4. The molecule has 0 aromatic heterocycles. The highest BCUT2D eigenvalue weighted by molar-refractivity contribution is 4.81. The fourth-order valence-corrected chi connectivity index (χ4v) is 2.45. The minimum absolute atomic E-state index is 0.243. The van der Waals surface area contributed by atoms with E-state index in [1.807, 2.05) is 0 Å². The summed E-state index contributed by atoms with van der Waals surface area (Å²) in [5, 5.41) is 0. The highest BCUT2D eigenvalue weighted by atomic mass is 14.7. The largest absolute Gasteiger partial charge is 0.330 e. The molecule has 0 aromatic rings. The molecule has 2 unspecified atom stereocenters. The first kappa shape index (κ1) is 25.2. The molecule has 2 nitrogen and oxygen atoms in total. The fourth-order valence-electron chi connectivity index (χ4n) is 2.45. The summed E-state index contributed by atoms with van der Waals surface area (Å²) in [6.07, 6.45) is 2.31. The summed E-state index contributed by atoms with van der Waals surface area (Å²) in [5.74, 6) is 0.637. The van der Waals surface area contributed by atoms with Gasteiger partial charge in [-0.05, 0) is 47.0 Å². The lowest BCUT2D eigenvalue weighted by atomic mass is 9.72. The van der Waals surface area contributed by atoms with Crippen molar-refractivity contribution in [1.82, 2.24) is 0 Å². The lowest BCUT2D eigenvalue weighted by Gasteiger charge is -2.34. The van der Waals surface area contributed by atoms with E-state index in [1.54, 1.807) is 0 Å². The molecule has 142 valence electrons. The molecule has 4 N–H and O–H groups in total. The first-order valence-corrected chi connectivity index (χ1v) is 9.25. The molecule has 0 fully saturated rings. The Bertz CT molecular complexity index is 305. The zero-order valence-electron chi connectivity index (χ0n) is 18.4. The van der Waals surface area contributed by atoms with Gasteiger partial charge in [-0.15, -0.1) is 0 Å². The molecule has 0 bridgehead atoms. The van der Waals surface area contributed by atoms with Crippen molar-refractivity contribution in [3.63, 3.8) is 0 Å². The summed E-state index contributed by atoms with van der Waals surface area (Å²) in [6.45, 7) is 27.8. The van der Waals surface area contributed by atoms with E-state index < -0.39 is 0 Å². The summed E-state index contributed by atoms with van der Waals surface area (Å²) in [7, 11) is 0. The number of hydrogen-bond acceptors (Lipinski definition) is 2. The second-order valence-corrected chi connectivity index (χ2v) is 11.8. The van der Waals surface area contributed by atoms with E-state index in [2.05, 4.69) is 83.1 Å². The third-order valence-corrected chi connectivity index (χ3v) is 4.31. The van der Waals surface area contributed by atoms with E-state index in [4.69, 9.17) is 11.5 Å². The Morgan fingerprint density at radius 1 is 0.609 bits per heavy atom. The Morgan fingerprint density at radius 2 is 0.957 bits per heavy atom. The Balaban J connectivity index is 0. The summed E-state index contributed by atoms with van der Waals surface area (Å²) in [4.78, 5) is 0. The number of nitrogens with two attached hydrogens (primary N) is 2. The second kappa shape index (κ2) is 8.85. The topological polar surface area (TPSA) is 52.0 Å². The lowest BCUT2D eigenvalue weighted by Crippen LogP contribution is -2.38. The van der Waals surface area contributed by atoms with Crippen molar-refractivity contribution in [2.24, 2.45) is 39.0 Å². The van der Waals surface area contributed by atoms with Crippen molar-refractivity contribution < 1.29 is 0 Å². The molecule has 0 aliphatic rings. The molecule has 0 aromatic carbocycles.